The largest absolute Gasteiger partial charge is 0.457 e. The van der Waals surface area contributed by atoms with Crippen LogP contribution in [-0.2, 0) is 16.1 Å². The first kappa shape index (κ1) is 20.4. The van der Waals surface area contributed by atoms with Crippen LogP contribution < -0.4 is 16.0 Å². The first-order valence-electron chi connectivity index (χ1n) is 9.78. The molecule has 1 saturated heterocycles. The summed E-state index contributed by atoms with van der Waals surface area (Å²) >= 11 is 0. The van der Waals surface area contributed by atoms with Crippen molar-refractivity contribution in [2.45, 2.75) is 19.4 Å². The van der Waals surface area contributed by atoms with Gasteiger partial charge in [-0.1, -0.05) is 0 Å². The summed E-state index contributed by atoms with van der Waals surface area (Å²) in [5.41, 5.74) is 6.32. The summed E-state index contributed by atoms with van der Waals surface area (Å²) in [5.74, 6) is 0.187. The van der Waals surface area contributed by atoms with E-state index in [0.717, 1.165) is 0 Å². The van der Waals surface area contributed by atoms with Gasteiger partial charge in [-0.05, 0) is 43.2 Å². The first-order chi connectivity index (χ1) is 15.1. The number of benzene rings is 1. The van der Waals surface area contributed by atoms with Gasteiger partial charge in [0.2, 0.25) is 17.8 Å². The number of carbonyl (C=O) groups excluding carboxylic acids is 1. The topological polar surface area (TPSA) is 132 Å². The molecule has 3 aromatic rings. The zero-order valence-corrected chi connectivity index (χ0v) is 16.6. The lowest BCUT2D eigenvalue weighted by molar-refractivity contribution is -0.150. The van der Waals surface area contributed by atoms with Gasteiger partial charge in [-0.3, -0.25) is 4.79 Å². The molecule has 0 atom stereocenters. The second kappa shape index (κ2) is 9.28. The van der Waals surface area contributed by atoms with Crippen molar-refractivity contribution in [3.8, 4) is 0 Å². The van der Waals surface area contributed by atoms with E-state index in [4.69, 9.17) is 10.5 Å². The normalized spacial score (nSPS) is 14.3. The lowest BCUT2D eigenvalue weighted by Crippen LogP contribution is -2.37. The van der Waals surface area contributed by atoms with Crippen molar-refractivity contribution in [2.75, 3.05) is 29.0 Å². The number of esters is 1. The van der Waals surface area contributed by atoms with Gasteiger partial charge in [0.25, 0.3) is 0 Å². The van der Waals surface area contributed by atoms with Gasteiger partial charge < -0.3 is 20.7 Å². The summed E-state index contributed by atoms with van der Waals surface area (Å²) in [4.78, 5) is 35.2. The predicted octanol–water partition coefficient (Wildman–Crippen LogP) is 2.09. The number of nitrogens with one attached hydrogen (secondary N) is 1. The van der Waals surface area contributed by atoms with Gasteiger partial charge in [0.1, 0.15) is 5.82 Å². The number of nitrogen functional groups attached to an aromatic ring is 1. The van der Waals surface area contributed by atoms with E-state index in [1.807, 2.05) is 4.90 Å². The number of carbonyl (C=O) groups is 1. The lowest BCUT2D eigenvalue weighted by atomic mass is 9.97. The lowest BCUT2D eigenvalue weighted by Gasteiger charge is -2.30. The van der Waals surface area contributed by atoms with E-state index in [1.54, 1.807) is 30.6 Å². The Morgan fingerprint density at radius 3 is 2.55 bits per heavy atom. The molecule has 1 fully saturated rings. The maximum Gasteiger partial charge on any atom is 0.309 e. The number of piperidine rings is 1. The third-order valence-corrected chi connectivity index (χ3v) is 4.81. The highest BCUT2D eigenvalue weighted by atomic mass is 19.1. The number of nitrogens with two attached hydrogens (primary N) is 1. The predicted molar refractivity (Wildman–Crippen MR) is 111 cm³/mol. The Hall–Kier alpha value is -3.89. The van der Waals surface area contributed by atoms with E-state index in [-0.39, 0.29) is 42.0 Å². The molecule has 1 aliphatic heterocycles. The highest BCUT2D eigenvalue weighted by Crippen LogP contribution is 2.22. The van der Waals surface area contributed by atoms with Crippen molar-refractivity contribution in [3.05, 3.63) is 54.4 Å². The van der Waals surface area contributed by atoms with Gasteiger partial charge in [0.15, 0.2) is 12.4 Å². The average Bonchev–Trinajstić information content (AvgIpc) is 2.79. The minimum atomic E-state index is -0.351. The van der Waals surface area contributed by atoms with Crippen LogP contribution in [0.2, 0.25) is 0 Å². The summed E-state index contributed by atoms with van der Waals surface area (Å²) in [7, 11) is 0. The van der Waals surface area contributed by atoms with Crippen molar-refractivity contribution in [2.24, 2.45) is 5.92 Å². The number of rotatable bonds is 6. The highest BCUT2D eigenvalue weighted by Gasteiger charge is 2.27. The molecule has 0 amide bonds. The van der Waals surface area contributed by atoms with Crippen molar-refractivity contribution in [1.82, 2.24) is 24.9 Å². The van der Waals surface area contributed by atoms with Crippen molar-refractivity contribution < 1.29 is 13.9 Å². The molecule has 0 spiro atoms. The van der Waals surface area contributed by atoms with Crippen LogP contribution in [-0.4, -0.2) is 44.0 Å². The van der Waals surface area contributed by atoms with E-state index >= 15 is 0 Å². The fourth-order valence-electron chi connectivity index (χ4n) is 3.24. The minimum absolute atomic E-state index is 0.0122. The summed E-state index contributed by atoms with van der Waals surface area (Å²) < 4.78 is 18.5. The maximum absolute atomic E-state index is 13.0. The van der Waals surface area contributed by atoms with Crippen LogP contribution in [0.4, 0.5) is 27.9 Å². The fourth-order valence-corrected chi connectivity index (χ4v) is 3.24. The molecule has 3 heterocycles. The van der Waals surface area contributed by atoms with Gasteiger partial charge in [0, 0.05) is 31.2 Å². The zero-order valence-electron chi connectivity index (χ0n) is 16.6. The van der Waals surface area contributed by atoms with Crippen LogP contribution in [0.5, 0.6) is 0 Å². The Morgan fingerprint density at radius 1 is 1.13 bits per heavy atom. The van der Waals surface area contributed by atoms with E-state index in [2.05, 4.69) is 30.2 Å². The van der Waals surface area contributed by atoms with Crippen LogP contribution in [0.1, 0.15) is 18.7 Å². The van der Waals surface area contributed by atoms with Gasteiger partial charge in [-0.2, -0.15) is 15.0 Å². The third-order valence-electron chi connectivity index (χ3n) is 4.81. The molecule has 2 aromatic heterocycles. The highest BCUT2D eigenvalue weighted by molar-refractivity contribution is 5.72. The number of aromatic nitrogens is 5. The monoisotopic (exact) mass is 424 g/mol. The molecule has 31 heavy (non-hydrogen) atoms. The van der Waals surface area contributed by atoms with Crippen molar-refractivity contribution in [1.29, 1.82) is 0 Å². The summed E-state index contributed by atoms with van der Waals surface area (Å²) in [6, 6.07) is 7.47. The van der Waals surface area contributed by atoms with Gasteiger partial charge in [-0.25, -0.2) is 14.4 Å². The molecule has 3 N–H and O–H groups in total. The summed E-state index contributed by atoms with van der Waals surface area (Å²) in [5, 5.41) is 2.92. The number of ether oxygens (including phenoxy) is 1. The molecular formula is C20H21FN8O2. The molecule has 160 valence electrons. The average molecular weight is 424 g/mol. The molecule has 0 bridgehead atoms. The number of nitrogens with zero attached hydrogens (tertiary/aromatic N) is 6. The van der Waals surface area contributed by atoms with E-state index in [9.17, 15) is 9.18 Å². The minimum Gasteiger partial charge on any atom is -0.457 e. The Labute approximate surface area is 177 Å². The fraction of sp³-hybridized carbons (Fsp3) is 0.300. The van der Waals surface area contributed by atoms with Crippen LogP contribution in [0.3, 0.4) is 0 Å². The molecule has 1 aliphatic rings. The van der Waals surface area contributed by atoms with Gasteiger partial charge in [0.05, 0.1) is 5.92 Å². The van der Waals surface area contributed by atoms with Gasteiger partial charge >= 0.3 is 5.97 Å². The Morgan fingerprint density at radius 2 is 1.84 bits per heavy atom. The molecule has 4 rings (SSSR count). The second-order valence-corrected chi connectivity index (χ2v) is 6.98. The first-order valence-corrected chi connectivity index (χ1v) is 9.78. The molecule has 10 nitrogen and oxygen atoms in total. The molecule has 11 heteroatoms. The van der Waals surface area contributed by atoms with Crippen molar-refractivity contribution in [3.63, 3.8) is 0 Å². The Balaban J connectivity index is 1.31. The van der Waals surface area contributed by atoms with Crippen LogP contribution in [0.25, 0.3) is 0 Å². The number of hydrogen-bond acceptors (Lipinski definition) is 10. The van der Waals surface area contributed by atoms with Crippen molar-refractivity contribution >= 4 is 29.5 Å². The molecular weight excluding hydrogens is 403 g/mol. The molecule has 1 aromatic carbocycles. The standard InChI is InChI=1S/C20H21FN8O2/c21-14-2-4-15(5-3-14)25-19-27-16(26-18(22)28-19)12-31-17(30)13-6-10-29(11-7-13)20-23-8-1-9-24-20/h1-5,8-9,13H,6-7,10-12H2,(H3,22,25,26,27,28). The number of halogens is 1. The zero-order chi connectivity index (χ0) is 21.6. The summed E-state index contributed by atoms with van der Waals surface area (Å²) in [6.45, 7) is 1.23. The van der Waals surface area contributed by atoms with Crippen LogP contribution in [0, 0.1) is 11.7 Å². The Bertz CT molecular complexity index is 1030. The third kappa shape index (κ3) is 5.38. The van der Waals surface area contributed by atoms with E-state index < -0.39 is 0 Å². The van der Waals surface area contributed by atoms with Gasteiger partial charge in [-0.15, -0.1) is 0 Å². The van der Waals surface area contributed by atoms with E-state index in [0.29, 0.717) is 37.6 Å². The van der Waals surface area contributed by atoms with Crippen LogP contribution >= 0.6 is 0 Å². The Kier molecular flexibility index (Phi) is 6.11. The number of anilines is 4. The SMILES string of the molecule is Nc1nc(COC(=O)C2CCN(c3ncccn3)CC2)nc(Nc2ccc(F)cc2)n1. The van der Waals surface area contributed by atoms with E-state index in [1.165, 1.54) is 12.1 Å². The second-order valence-electron chi connectivity index (χ2n) is 6.98. The maximum atomic E-state index is 13.0. The smallest absolute Gasteiger partial charge is 0.309 e. The van der Waals surface area contributed by atoms with Crippen LogP contribution in [0.15, 0.2) is 42.7 Å². The molecule has 0 saturated carbocycles. The molecule has 0 radical (unpaired) electrons. The molecule has 0 aliphatic carbocycles. The quantitative estimate of drug-likeness (QED) is 0.567. The molecule has 0 unspecified atom stereocenters. The number of hydrogen-bond donors (Lipinski definition) is 2. The summed E-state index contributed by atoms with van der Waals surface area (Å²) in [6.07, 6.45) is 4.69.